The van der Waals surface area contributed by atoms with E-state index in [0.717, 1.165) is 31.4 Å². The maximum atomic E-state index is 10.3. The van der Waals surface area contributed by atoms with Gasteiger partial charge in [0.25, 0.3) is 5.69 Å². The SMILES string of the molecule is CCCN.CCCc1ccc([N+](=O)[O-])cc1. The minimum Gasteiger partial charge on any atom is -0.330 e. The number of benzene rings is 1. The molecule has 0 atom stereocenters. The molecule has 0 aromatic heterocycles. The monoisotopic (exact) mass is 224 g/mol. The lowest BCUT2D eigenvalue weighted by molar-refractivity contribution is -0.384. The minimum atomic E-state index is -0.379. The zero-order valence-corrected chi connectivity index (χ0v) is 9.98. The number of nitrogens with two attached hydrogens (primary N) is 1. The van der Waals surface area contributed by atoms with Crippen LogP contribution < -0.4 is 5.73 Å². The quantitative estimate of drug-likeness (QED) is 0.631. The lowest BCUT2D eigenvalue weighted by Gasteiger charge is -1.96. The summed E-state index contributed by atoms with van der Waals surface area (Å²) in [5, 5.41) is 10.3. The molecule has 0 aliphatic carbocycles. The predicted molar refractivity (Wildman–Crippen MR) is 66.4 cm³/mol. The van der Waals surface area contributed by atoms with Gasteiger partial charge < -0.3 is 5.73 Å². The van der Waals surface area contributed by atoms with Gasteiger partial charge in [0.1, 0.15) is 0 Å². The summed E-state index contributed by atoms with van der Waals surface area (Å²) in [4.78, 5) is 9.90. The Balaban J connectivity index is 0.000000487. The highest BCUT2D eigenvalue weighted by Crippen LogP contribution is 2.12. The Hall–Kier alpha value is -1.42. The Kier molecular flexibility index (Phi) is 8.07. The van der Waals surface area contributed by atoms with E-state index >= 15 is 0 Å². The highest BCUT2D eigenvalue weighted by Gasteiger charge is 2.02. The van der Waals surface area contributed by atoms with E-state index in [-0.39, 0.29) is 10.6 Å². The van der Waals surface area contributed by atoms with E-state index in [1.54, 1.807) is 12.1 Å². The molecule has 0 aliphatic heterocycles. The molecular formula is C12H20N2O2. The maximum absolute atomic E-state index is 10.3. The van der Waals surface area contributed by atoms with Gasteiger partial charge >= 0.3 is 0 Å². The Bertz CT molecular complexity index is 294. The molecule has 0 unspecified atom stereocenters. The summed E-state index contributed by atoms with van der Waals surface area (Å²) < 4.78 is 0. The van der Waals surface area contributed by atoms with Crippen molar-refractivity contribution in [2.24, 2.45) is 5.73 Å². The first-order valence-electron chi connectivity index (χ1n) is 5.59. The molecule has 4 nitrogen and oxygen atoms in total. The minimum absolute atomic E-state index is 0.162. The first kappa shape index (κ1) is 14.6. The molecule has 1 aromatic carbocycles. The summed E-state index contributed by atoms with van der Waals surface area (Å²) in [6, 6.07) is 6.71. The Labute approximate surface area is 96.6 Å². The van der Waals surface area contributed by atoms with Crippen LogP contribution in [-0.2, 0) is 6.42 Å². The fourth-order valence-corrected chi connectivity index (χ4v) is 1.07. The fourth-order valence-electron chi connectivity index (χ4n) is 1.07. The lowest BCUT2D eigenvalue weighted by atomic mass is 10.1. The molecule has 1 rings (SSSR count). The van der Waals surface area contributed by atoms with Gasteiger partial charge in [-0.2, -0.15) is 0 Å². The third-order valence-corrected chi connectivity index (χ3v) is 1.97. The van der Waals surface area contributed by atoms with Crippen molar-refractivity contribution >= 4 is 5.69 Å². The number of aryl methyl sites for hydroxylation is 1. The van der Waals surface area contributed by atoms with E-state index in [4.69, 9.17) is 5.73 Å². The highest BCUT2D eigenvalue weighted by molar-refractivity contribution is 5.32. The molecule has 16 heavy (non-hydrogen) atoms. The summed E-state index contributed by atoms with van der Waals surface area (Å²) >= 11 is 0. The van der Waals surface area contributed by atoms with Crippen LogP contribution in [0.25, 0.3) is 0 Å². The summed E-state index contributed by atoms with van der Waals surface area (Å²) in [6.45, 7) is 4.96. The van der Waals surface area contributed by atoms with Gasteiger partial charge in [0, 0.05) is 12.1 Å². The normalized spacial score (nSPS) is 9.19. The van der Waals surface area contributed by atoms with Crippen molar-refractivity contribution in [1.29, 1.82) is 0 Å². The third kappa shape index (κ3) is 6.14. The van der Waals surface area contributed by atoms with Crippen molar-refractivity contribution in [2.45, 2.75) is 33.1 Å². The number of hydrogen-bond donors (Lipinski definition) is 1. The summed E-state index contributed by atoms with van der Waals surface area (Å²) in [7, 11) is 0. The summed E-state index contributed by atoms with van der Waals surface area (Å²) in [5.74, 6) is 0. The Morgan fingerprint density at radius 2 is 1.69 bits per heavy atom. The smallest absolute Gasteiger partial charge is 0.269 e. The highest BCUT2D eigenvalue weighted by atomic mass is 16.6. The van der Waals surface area contributed by atoms with Crippen LogP contribution in [0.5, 0.6) is 0 Å². The van der Waals surface area contributed by atoms with Gasteiger partial charge in [-0.3, -0.25) is 10.1 Å². The molecule has 1 aromatic rings. The second-order valence-electron chi connectivity index (χ2n) is 3.46. The lowest BCUT2D eigenvalue weighted by Crippen LogP contribution is -1.93. The van der Waals surface area contributed by atoms with Crippen LogP contribution in [0, 0.1) is 10.1 Å². The fraction of sp³-hybridized carbons (Fsp3) is 0.500. The topological polar surface area (TPSA) is 69.2 Å². The van der Waals surface area contributed by atoms with Crippen LogP contribution in [0.2, 0.25) is 0 Å². The molecule has 2 N–H and O–H groups in total. The van der Waals surface area contributed by atoms with Gasteiger partial charge in [0.15, 0.2) is 0 Å². The van der Waals surface area contributed by atoms with E-state index in [2.05, 4.69) is 13.8 Å². The zero-order valence-electron chi connectivity index (χ0n) is 9.98. The number of nitrogens with zero attached hydrogens (tertiary/aromatic N) is 1. The van der Waals surface area contributed by atoms with Crippen molar-refractivity contribution in [3.05, 3.63) is 39.9 Å². The molecular weight excluding hydrogens is 204 g/mol. The second-order valence-corrected chi connectivity index (χ2v) is 3.46. The standard InChI is InChI=1S/C9H11NO2.C3H9N/c1-2-3-8-4-6-9(7-5-8)10(11)12;1-2-3-4/h4-7H,2-3H2,1H3;2-4H2,1H3. The maximum Gasteiger partial charge on any atom is 0.269 e. The molecule has 0 bridgehead atoms. The molecule has 0 heterocycles. The average molecular weight is 224 g/mol. The van der Waals surface area contributed by atoms with Gasteiger partial charge in [-0.25, -0.2) is 0 Å². The van der Waals surface area contributed by atoms with Crippen LogP contribution in [-0.4, -0.2) is 11.5 Å². The molecule has 0 aliphatic rings. The van der Waals surface area contributed by atoms with Gasteiger partial charge in [-0.15, -0.1) is 0 Å². The zero-order chi connectivity index (χ0) is 12.4. The van der Waals surface area contributed by atoms with Gasteiger partial charge in [0.05, 0.1) is 4.92 Å². The predicted octanol–water partition coefficient (Wildman–Crippen LogP) is 2.90. The number of hydrogen-bond acceptors (Lipinski definition) is 3. The molecule has 0 saturated heterocycles. The molecule has 0 radical (unpaired) electrons. The number of non-ortho nitro benzene ring substituents is 1. The number of nitro groups is 1. The van der Waals surface area contributed by atoms with E-state index in [9.17, 15) is 10.1 Å². The van der Waals surface area contributed by atoms with Crippen molar-refractivity contribution in [2.75, 3.05) is 6.54 Å². The van der Waals surface area contributed by atoms with Crippen molar-refractivity contribution < 1.29 is 4.92 Å². The van der Waals surface area contributed by atoms with Crippen molar-refractivity contribution in [1.82, 2.24) is 0 Å². The van der Waals surface area contributed by atoms with Crippen LogP contribution >= 0.6 is 0 Å². The van der Waals surface area contributed by atoms with E-state index in [1.807, 2.05) is 12.1 Å². The number of rotatable bonds is 4. The van der Waals surface area contributed by atoms with Crippen LogP contribution in [0.15, 0.2) is 24.3 Å². The second kappa shape index (κ2) is 8.85. The first-order chi connectivity index (χ1) is 7.65. The summed E-state index contributed by atoms with van der Waals surface area (Å²) in [6.07, 6.45) is 3.15. The average Bonchev–Trinajstić information content (AvgIpc) is 2.30. The molecule has 0 spiro atoms. The van der Waals surface area contributed by atoms with Gasteiger partial charge in [0.2, 0.25) is 0 Å². The van der Waals surface area contributed by atoms with Gasteiger partial charge in [-0.1, -0.05) is 32.4 Å². The van der Waals surface area contributed by atoms with Crippen LogP contribution in [0.4, 0.5) is 5.69 Å². The van der Waals surface area contributed by atoms with Crippen molar-refractivity contribution in [3.63, 3.8) is 0 Å². The van der Waals surface area contributed by atoms with Crippen LogP contribution in [0.3, 0.4) is 0 Å². The molecule has 0 amide bonds. The third-order valence-electron chi connectivity index (χ3n) is 1.97. The first-order valence-corrected chi connectivity index (χ1v) is 5.59. The van der Waals surface area contributed by atoms with E-state index < -0.39 is 0 Å². The van der Waals surface area contributed by atoms with Gasteiger partial charge in [-0.05, 0) is 24.9 Å². The van der Waals surface area contributed by atoms with Crippen LogP contribution in [0.1, 0.15) is 32.3 Å². The summed E-state index contributed by atoms with van der Waals surface area (Å²) in [5.41, 5.74) is 6.35. The number of nitro benzene ring substituents is 1. The largest absolute Gasteiger partial charge is 0.330 e. The molecule has 0 saturated carbocycles. The van der Waals surface area contributed by atoms with E-state index in [0.29, 0.717) is 0 Å². The molecule has 0 fully saturated rings. The molecule has 90 valence electrons. The van der Waals surface area contributed by atoms with E-state index in [1.165, 1.54) is 0 Å². The van der Waals surface area contributed by atoms with Crippen molar-refractivity contribution in [3.8, 4) is 0 Å². The Morgan fingerprint density at radius 3 is 2.00 bits per heavy atom. The molecule has 4 heteroatoms. The Morgan fingerprint density at radius 1 is 1.19 bits per heavy atom.